The van der Waals surface area contributed by atoms with Crippen LogP contribution in [0.15, 0.2) is 0 Å². The highest BCUT2D eigenvalue weighted by atomic mass is 35.7. The standard InChI is InChI=1S/C7H12ClNO2S/c8-12(10,11)9-7-4-5-1-2-6(7)3-5/h5-7,9H,1-4H2/t5-,6+,7-/m1/s1. The van der Waals surface area contributed by atoms with Crippen molar-refractivity contribution >= 4 is 19.9 Å². The Bertz CT molecular complexity index is 277. The molecule has 0 aromatic rings. The predicted octanol–water partition coefficient (Wildman–Crippen LogP) is 1.25. The van der Waals surface area contributed by atoms with Crippen LogP contribution >= 0.6 is 10.7 Å². The van der Waals surface area contributed by atoms with Gasteiger partial charge in [-0.05, 0) is 31.1 Å². The van der Waals surface area contributed by atoms with Crippen LogP contribution in [0, 0.1) is 11.8 Å². The lowest BCUT2D eigenvalue weighted by molar-refractivity contribution is 0.392. The lowest BCUT2D eigenvalue weighted by atomic mass is 9.96. The van der Waals surface area contributed by atoms with E-state index < -0.39 is 9.24 Å². The summed E-state index contributed by atoms with van der Waals surface area (Å²) in [7, 11) is 1.60. The molecule has 0 heterocycles. The molecule has 2 saturated carbocycles. The third kappa shape index (κ3) is 1.75. The Hall–Kier alpha value is 0.200. The molecule has 2 fully saturated rings. The van der Waals surface area contributed by atoms with Crippen LogP contribution in [0.3, 0.4) is 0 Å². The van der Waals surface area contributed by atoms with Gasteiger partial charge in [-0.1, -0.05) is 6.42 Å². The van der Waals surface area contributed by atoms with E-state index >= 15 is 0 Å². The number of nitrogens with one attached hydrogen (secondary N) is 1. The molecule has 3 atom stereocenters. The molecule has 0 aromatic heterocycles. The quantitative estimate of drug-likeness (QED) is 0.696. The molecule has 0 spiro atoms. The van der Waals surface area contributed by atoms with Gasteiger partial charge in [-0.3, -0.25) is 0 Å². The first-order valence-corrected chi connectivity index (χ1v) is 6.57. The lowest BCUT2D eigenvalue weighted by Gasteiger charge is -2.20. The minimum atomic E-state index is -3.51. The second-order valence-corrected chi connectivity index (χ2v) is 6.17. The Kier molecular flexibility index (Phi) is 2.09. The van der Waals surface area contributed by atoms with Gasteiger partial charge < -0.3 is 0 Å². The predicted molar refractivity (Wildman–Crippen MR) is 47.1 cm³/mol. The lowest BCUT2D eigenvalue weighted by Crippen LogP contribution is -2.35. The zero-order valence-electron chi connectivity index (χ0n) is 6.66. The second-order valence-electron chi connectivity index (χ2n) is 3.84. The molecule has 2 aliphatic carbocycles. The van der Waals surface area contributed by atoms with Crippen molar-refractivity contribution in [1.29, 1.82) is 0 Å². The van der Waals surface area contributed by atoms with Crippen LogP contribution < -0.4 is 4.72 Å². The van der Waals surface area contributed by atoms with Crippen molar-refractivity contribution in [2.45, 2.75) is 31.7 Å². The SMILES string of the molecule is O=S(=O)(Cl)N[C@@H]1C[C@@H]2CC[C@H]1C2. The van der Waals surface area contributed by atoms with Gasteiger partial charge in [0.05, 0.1) is 0 Å². The molecular weight excluding hydrogens is 198 g/mol. The van der Waals surface area contributed by atoms with Gasteiger partial charge in [0.1, 0.15) is 0 Å². The summed E-state index contributed by atoms with van der Waals surface area (Å²) in [5.41, 5.74) is 0. The van der Waals surface area contributed by atoms with E-state index in [2.05, 4.69) is 4.72 Å². The van der Waals surface area contributed by atoms with E-state index in [0.717, 1.165) is 18.8 Å². The third-order valence-electron chi connectivity index (χ3n) is 3.03. The Balaban J connectivity index is 2.00. The van der Waals surface area contributed by atoms with Gasteiger partial charge in [-0.25, -0.2) is 0 Å². The highest BCUT2D eigenvalue weighted by Crippen LogP contribution is 2.44. The first-order chi connectivity index (χ1) is 5.54. The van der Waals surface area contributed by atoms with Crippen molar-refractivity contribution < 1.29 is 8.42 Å². The molecule has 0 radical (unpaired) electrons. The van der Waals surface area contributed by atoms with Crippen molar-refractivity contribution in [2.75, 3.05) is 0 Å². The first-order valence-electron chi connectivity index (χ1n) is 4.26. The van der Waals surface area contributed by atoms with Crippen LogP contribution in [0.2, 0.25) is 0 Å². The van der Waals surface area contributed by atoms with Gasteiger partial charge in [0.15, 0.2) is 0 Å². The molecule has 2 rings (SSSR count). The van der Waals surface area contributed by atoms with Crippen LogP contribution in [-0.2, 0) is 9.24 Å². The average molecular weight is 210 g/mol. The van der Waals surface area contributed by atoms with Crippen LogP contribution in [-0.4, -0.2) is 14.5 Å². The van der Waals surface area contributed by atoms with E-state index in [0.29, 0.717) is 5.92 Å². The Morgan fingerprint density at radius 2 is 2.00 bits per heavy atom. The van der Waals surface area contributed by atoms with Crippen LogP contribution in [0.5, 0.6) is 0 Å². The number of rotatable bonds is 2. The Morgan fingerprint density at radius 3 is 2.42 bits per heavy atom. The second kappa shape index (κ2) is 2.86. The molecule has 0 unspecified atom stereocenters. The third-order valence-corrected chi connectivity index (χ3v) is 3.88. The van der Waals surface area contributed by atoms with Crippen molar-refractivity contribution in [3.05, 3.63) is 0 Å². The van der Waals surface area contributed by atoms with E-state index in [9.17, 15) is 8.42 Å². The van der Waals surface area contributed by atoms with E-state index in [4.69, 9.17) is 10.7 Å². The molecule has 0 amide bonds. The van der Waals surface area contributed by atoms with Gasteiger partial charge >= 0.3 is 0 Å². The van der Waals surface area contributed by atoms with E-state index in [1.165, 1.54) is 12.8 Å². The fourth-order valence-corrected chi connectivity index (χ4v) is 3.56. The maximum atomic E-state index is 10.7. The molecule has 1 N–H and O–H groups in total. The molecule has 2 aliphatic rings. The normalized spacial score (nSPS) is 40.6. The summed E-state index contributed by atoms with van der Waals surface area (Å²) in [6, 6.07) is 0.117. The summed E-state index contributed by atoms with van der Waals surface area (Å²) >= 11 is 0. The molecular formula is C7H12ClNO2S. The zero-order chi connectivity index (χ0) is 8.77. The molecule has 3 nitrogen and oxygen atoms in total. The smallest absolute Gasteiger partial charge is 0.199 e. The summed E-state index contributed by atoms with van der Waals surface area (Å²) in [5.74, 6) is 1.29. The highest BCUT2D eigenvalue weighted by molar-refractivity contribution is 8.12. The van der Waals surface area contributed by atoms with Gasteiger partial charge in [-0.15, -0.1) is 0 Å². The summed E-state index contributed by atoms with van der Waals surface area (Å²) in [6.07, 6.45) is 4.60. The number of hydrogen-bond acceptors (Lipinski definition) is 2. The van der Waals surface area contributed by atoms with Crippen LogP contribution in [0.1, 0.15) is 25.7 Å². The Morgan fingerprint density at radius 1 is 1.25 bits per heavy atom. The fourth-order valence-electron chi connectivity index (χ4n) is 2.57. The number of hydrogen-bond donors (Lipinski definition) is 1. The van der Waals surface area contributed by atoms with Crippen LogP contribution in [0.4, 0.5) is 0 Å². The van der Waals surface area contributed by atoms with Gasteiger partial charge in [0, 0.05) is 16.7 Å². The fraction of sp³-hybridized carbons (Fsp3) is 1.00. The molecule has 0 aliphatic heterocycles. The number of halogens is 1. The summed E-state index contributed by atoms with van der Waals surface area (Å²) in [4.78, 5) is 0. The monoisotopic (exact) mass is 209 g/mol. The largest absolute Gasteiger partial charge is 0.297 e. The summed E-state index contributed by atoms with van der Waals surface area (Å²) < 4.78 is 23.9. The maximum Gasteiger partial charge on any atom is 0.297 e. The average Bonchev–Trinajstić information content (AvgIpc) is 2.42. The zero-order valence-corrected chi connectivity index (χ0v) is 8.24. The molecule has 2 bridgehead atoms. The maximum absolute atomic E-state index is 10.7. The Labute approximate surface area is 77.0 Å². The van der Waals surface area contributed by atoms with E-state index in [1.807, 2.05) is 0 Å². The molecule has 70 valence electrons. The van der Waals surface area contributed by atoms with Crippen molar-refractivity contribution in [3.8, 4) is 0 Å². The van der Waals surface area contributed by atoms with Gasteiger partial charge in [0.25, 0.3) is 9.24 Å². The van der Waals surface area contributed by atoms with Crippen molar-refractivity contribution in [3.63, 3.8) is 0 Å². The van der Waals surface area contributed by atoms with E-state index in [1.54, 1.807) is 0 Å². The van der Waals surface area contributed by atoms with Crippen LogP contribution in [0.25, 0.3) is 0 Å². The minimum Gasteiger partial charge on any atom is -0.199 e. The molecule has 12 heavy (non-hydrogen) atoms. The van der Waals surface area contributed by atoms with Crippen molar-refractivity contribution in [1.82, 2.24) is 4.72 Å². The highest BCUT2D eigenvalue weighted by Gasteiger charge is 2.40. The molecule has 0 aromatic carbocycles. The first kappa shape index (κ1) is 8.78. The van der Waals surface area contributed by atoms with Gasteiger partial charge in [0.2, 0.25) is 0 Å². The summed E-state index contributed by atoms with van der Waals surface area (Å²) in [5, 5.41) is 0. The van der Waals surface area contributed by atoms with Gasteiger partial charge in [-0.2, -0.15) is 13.1 Å². The topological polar surface area (TPSA) is 46.2 Å². The molecule has 0 saturated heterocycles. The minimum absolute atomic E-state index is 0.117. The van der Waals surface area contributed by atoms with Crippen molar-refractivity contribution in [2.24, 2.45) is 11.8 Å². The molecule has 5 heteroatoms. The summed E-state index contributed by atoms with van der Waals surface area (Å²) in [6.45, 7) is 0. The number of fused-ring (bicyclic) bond motifs is 2. The van der Waals surface area contributed by atoms with E-state index in [-0.39, 0.29) is 6.04 Å².